The third-order valence-electron chi connectivity index (χ3n) is 5.79. The molecule has 4 rings (SSSR count). The number of nitrogens with zero attached hydrogens (tertiary/aromatic N) is 5. The number of carbonyl (C=O) groups is 1. The predicted octanol–water partition coefficient (Wildman–Crippen LogP) is 2.98. The molecule has 2 fully saturated rings. The topological polar surface area (TPSA) is 52.6 Å². The number of aromatic nitrogens is 2. The van der Waals surface area contributed by atoms with Crippen molar-refractivity contribution in [3.63, 3.8) is 0 Å². The molecule has 1 unspecified atom stereocenters. The van der Waals surface area contributed by atoms with E-state index in [4.69, 9.17) is 0 Å². The molecule has 0 spiro atoms. The van der Waals surface area contributed by atoms with Crippen LogP contribution in [0, 0.1) is 12.8 Å². The smallest absolute Gasteiger partial charge is 0.272 e. The summed E-state index contributed by atoms with van der Waals surface area (Å²) >= 11 is 0. The van der Waals surface area contributed by atoms with Crippen molar-refractivity contribution in [1.82, 2.24) is 14.9 Å². The van der Waals surface area contributed by atoms with E-state index >= 15 is 0 Å². The highest BCUT2D eigenvalue weighted by Gasteiger charge is 2.25. The average molecular weight is 380 g/mol. The van der Waals surface area contributed by atoms with E-state index in [-0.39, 0.29) is 5.91 Å². The Morgan fingerprint density at radius 1 is 1.04 bits per heavy atom. The second-order valence-corrected chi connectivity index (χ2v) is 8.07. The van der Waals surface area contributed by atoms with Gasteiger partial charge in [0.05, 0.1) is 0 Å². The number of benzene rings is 1. The molecule has 2 saturated heterocycles. The van der Waals surface area contributed by atoms with Crippen LogP contribution in [0.2, 0.25) is 0 Å². The van der Waals surface area contributed by atoms with Gasteiger partial charge in [-0.05, 0) is 43.4 Å². The van der Waals surface area contributed by atoms with Gasteiger partial charge in [-0.3, -0.25) is 4.79 Å². The summed E-state index contributed by atoms with van der Waals surface area (Å²) in [7, 11) is 0. The first-order valence-electron chi connectivity index (χ1n) is 10.3. The highest BCUT2D eigenvalue weighted by molar-refractivity contribution is 5.93. The summed E-state index contributed by atoms with van der Waals surface area (Å²) in [5.74, 6) is 1.55. The Labute approximate surface area is 167 Å². The fraction of sp³-hybridized carbons (Fsp3) is 0.500. The Bertz CT molecular complexity index is 831. The van der Waals surface area contributed by atoms with Crippen LogP contribution in [0.4, 0.5) is 11.5 Å². The number of hydrogen-bond donors (Lipinski definition) is 0. The molecule has 0 aliphatic carbocycles. The van der Waals surface area contributed by atoms with Gasteiger partial charge in [0.2, 0.25) is 0 Å². The lowest BCUT2D eigenvalue weighted by Gasteiger charge is -2.36. The molecule has 0 radical (unpaired) electrons. The summed E-state index contributed by atoms with van der Waals surface area (Å²) in [6, 6.07) is 10.4. The Morgan fingerprint density at radius 2 is 1.86 bits per heavy atom. The van der Waals surface area contributed by atoms with Gasteiger partial charge in [-0.25, -0.2) is 9.97 Å². The molecule has 2 aromatic rings. The Balaban J connectivity index is 1.41. The molecule has 2 aliphatic heterocycles. The van der Waals surface area contributed by atoms with E-state index in [1.54, 1.807) is 0 Å². The highest BCUT2D eigenvalue weighted by atomic mass is 16.2. The SMILES string of the molecule is Cc1cccc(N2CCN(C(=O)c3cc(N4CCCC(C)C4)ncn3)CC2)c1. The molecule has 1 aromatic carbocycles. The van der Waals surface area contributed by atoms with Crippen LogP contribution in [0.15, 0.2) is 36.7 Å². The zero-order valence-corrected chi connectivity index (χ0v) is 16.8. The monoisotopic (exact) mass is 379 g/mol. The van der Waals surface area contributed by atoms with Crippen LogP contribution in [0.3, 0.4) is 0 Å². The second kappa shape index (κ2) is 8.17. The summed E-state index contributed by atoms with van der Waals surface area (Å²) in [6.07, 6.45) is 3.97. The van der Waals surface area contributed by atoms with Crippen molar-refractivity contribution in [2.75, 3.05) is 49.1 Å². The Morgan fingerprint density at radius 3 is 2.61 bits per heavy atom. The average Bonchev–Trinajstić information content (AvgIpc) is 2.73. The predicted molar refractivity (Wildman–Crippen MR) is 112 cm³/mol. The van der Waals surface area contributed by atoms with Crippen LogP contribution in [-0.2, 0) is 0 Å². The minimum atomic E-state index is 0.0117. The molecular weight excluding hydrogens is 350 g/mol. The minimum Gasteiger partial charge on any atom is -0.368 e. The number of carbonyl (C=O) groups excluding carboxylic acids is 1. The van der Waals surface area contributed by atoms with Crippen molar-refractivity contribution in [1.29, 1.82) is 0 Å². The van der Waals surface area contributed by atoms with Crippen molar-refractivity contribution in [3.05, 3.63) is 47.9 Å². The number of rotatable bonds is 3. The van der Waals surface area contributed by atoms with E-state index in [0.29, 0.717) is 24.7 Å². The van der Waals surface area contributed by atoms with Gasteiger partial charge in [-0.15, -0.1) is 0 Å². The van der Waals surface area contributed by atoms with Gasteiger partial charge in [0, 0.05) is 51.0 Å². The second-order valence-electron chi connectivity index (χ2n) is 8.07. The van der Waals surface area contributed by atoms with Crippen molar-refractivity contribution in [2.24, 2.45) is 5.92 Å². The number of piperidine rings is 1. The third kappa shape index (κ3) is 4.11. The zero-order chi connectivity index (χ0) is 19.5. The maximum Gasteiger partial charge on any atom is 0.272 e. The molecular formula is C22H29N5O. The van der Waals surface area contributed by atoms with E-state index < -0.39 is 0 Å². The first-order chi connectivity index (χ1) is 13.6. The van der Waals surface area contributed by atoms with Crippen molar-refractivity contribution < 1.29 is 4.79 Å². The molecule has 0 N–H and O–H groups in total. The first-order valence-corrected chi connectivity index (χ1v) is 10.3. The van der Waals surface area contributed by atoms with Gasteiger partial charge >= 0.3 is 0 Å². The molecule has 28 heavy (non-hydrogen) atoms. The van der Waals surface area contributed by atoms with Gasteiger partial charge in [-0.1, -0.05) is 19.1 Å². The number of amides is 1. The maximum atomic E-state index is 13.0. The largest absolute Gasteiger partial charge is 0.368 e. The van der Waals surface area contributed by atoms with E-state index in [9.17, 15) is 4.79 Å². The van der Waals surface area contributed by atoms with Crippen LogP contribution in [0.25, 0.3) is 0 Å². The normalized spacial score (nSPS) is 20.4. The quantitative estimate of drug-likeness (QED) is 0.821. The van der Waals surface area contributed by atoms with Gasteiger partial charge in [0.15, 0.2) is 0 Å². The molecule has 1 amide bonds. The lowest BCUT2D eigenvalue weighted by molar-refractivity contribution is 0.0740. The molecule has 148 valence electrons. The number of anilines is 2. The van der Waals surface area contributed by atoms with Crippen LogP contribution in [0.5, 0.6) is 0 Å². The lowest BCUT2D eigenvalue weighted by atomic mass is 10.0. The molecule has 6 heteroatoms. The minimum absolute atomic E-state index is 0.0117. The first kappa shape index (κ1) is 18.7. The van der Waals surface area contributed by atoms with Gasteiger partial charge < -0.3 is 14.7 Å². The fourth-order valence-electron chi connectivity index (χ4n) is 4.19. The van der Waals surface area contributed by atoms with Crippen LogP contribution in [0.1, 0.15) is 35.8 Å². The number of piperazine rings is 1. The van der Waals surface area contributed by atoms with Crippen LogP contribution < -0.4 is 9.80 Å². The molecule has 1 aromatic heterocycles. The molecule has 6 nitrogen and oxygen atoms in total. The van der Waals surface area contributed by atoms with Crippen molar-refractivity contribution in [3.8, 4) is 0 Å². The summed E-state index contributed by atoms with van der Waals surface area (Å²) in [5.41, 5.74) is 3.00. The molecule has 0 saturated carbocycles. The van der Waals surface area contributed by atoms with Crippen LogP contribution >= 0.6 is 0 Å². The molecule has 0 bridgehead atoms. The maximum absolute atomic E-state index is 13.0. The molecule has 3 heterocycles. The highest BCUT2D eigenvalue weighted by Crippen LogP contribution is 2.22. The summed E-state index contributed by atoms with van der Waals surface area (Å²) in [4.78, 5) is 28.2. The van der Waals surface area contributed by atoms with E-state index in [0.717, 1.165) is 32.0 Å². The van der Waals surface area contributed by atoms with Crippen LogP contribution in [-0.4, -0.2) is 60.0 Å². The summed E-state index contributed by atoms with van der Waals surface area (Å²) < 4.78 is 0. The summed E-state index contributed by atoms with van der Waals surface area (Å²) in [5, 5.41) is 0. The molecule has 1 atom stereocenters. The standard InChI is InChI=1S/C22H29N5O/c1-17-5-3-7-19(13-17)25-9-11-26(12-10-25)22(28)20-14-21(24-16-23-20)27-8-4-6-18(2)15-27/h3,5,7,13-14,16,18H,4,6,8-12,15H2,1-2H3. The fourth-order valence-corrected chi connectivity index (χ4v) is 4.19. The Hall–Kier alpha value is -2.63. The summed E-state index contributed by atoms with van der Waals surface area (Å²) in [6.45, 7) is 9.50. The zero-order valence-electron chi connectivity index (χ0n) is 16.8. The third-order valence-corrected chi connectivity index (χ3v) is 5.79. The lowest BCUT2D eigenvalue weighted by Crippen LogP contribution is -2.49. The van der Waals surface area contributed by atoms with Gasteiger partial charge in [-0.2, -0.15) is 0 Å². The Kier molecular flexibility index (Phi) is 5.46. The number of hydrogen-bond acceptors (Lipinski definition) is 5. The number of aryl methyl sites for hydroxylation is 1. The van der Waals surface area contributed by atoms with E-state index in [2.05, 4.69) is 57.9 Å². The van der Waals surface area contributed by atoms with Crippen molar-refractivity contribution in [2.45, 2.75) is 26.7 Å². The van der Waals surface area contributed by atoms with Gasteiger partial charge in [0.25, 0.3) is 5.91 Å². The van der Waals surface area contributed by atoms with E-state index in [1.165, 1.54) is 30.4 Å². The van der Waals surface area contributed by atoms with Crippen molar-refractivity contribution >= 4 is 17.4 Å². The van der Waals surface area contributed by atoms with E-state index in [1.807, 2.05) is 11.0 Å². The van der Waals surface area contributed by atoms with Gasteiger partial charge in [0.1, 0.15) is 17.8 Å². The molecule has 2 aliphatic rings.